The molecule has 0 nitrogen and oxygen atoms in total. The molecule has 12 rings (SSSR count). The highest BCUT2D eigenvalue weighted by molar-refractivity contribution is 6.33. The van der Waals surface area contributed by atoms with E-state index in [-0.39, 0.29) is 27.6 Å². The number of fused-ring (bicyclic) bond motifs is 7. The van der Waals surface area contributed by atoms with Crippen LogP contribution in [0.2, 0.25) is 0 Å². The maximum atomic E-state index is 2.64. The lowest BCUT2D eigenvalue weighted by atomic mass is 9.75. The van der Waals surface area contributed by atoms with Crippen LogP contribution in [-0.2, 0) is 21.7 Å². The first-order valence-corrected chi connectivity index (χ1v) is 23.7. The number of allylic oxidation sites excluding steroid dienone is 8. The molecule has 0 saturated heterocycles. The minimum absolute atomic E-state index is 0.0272. The van der Waals surface area contributed by atoms with Gasteiger partial charge in [0.2, 0.25) is 0 Å². The Morgan fingerprint density at radius 2 is 0.797 bits per heavy atom. The highest BCUT2D eigenvalue weighted by Gasteiger charge is 2.43. The lowest BCUT2D eigenvalue weighted by Gasteiger charge is -2.29. The first-order valence-electron chi connectivity index (χ1n) is 23.7. The predicted molar refractivity (Wildman–Crippen MR) is 279 cm³/mol. The molecule has 0 fully saturated rings. The second-order valence-electron chi connectivity index (χ2n) is 23.8. The number of hydrogen-bond acceptors (Lipinski definition) is 0. The molecule has 0 radical (unpaired) electrons. The van der Waals surface area contributed by atoms with Crippen molar-refractivity contribution >= 4 is 54.2 Å². The van der Waals surface area contributed by atoms with E-state index in [0.29, 0.717) is 5.92 Å². The van der Waals surface area contributed by atoms with Crippen LogP contribution in [0, 0.1) is 11.8 Å². The molecule has 2 unspecified atom stereocenters. The molecule has 0 N–H and O–H groups in total. The lowest BCUT2D eigenvalue weighted by molar-refractivity contribution is 0.568. The largest absolute Gasteiger partial charge is 0.0767 e. The molecular formula is C64H60. The van der Waals surface area contributed by atoms with E-state index in [1.807, 2.05) is 0 Å². The van der Waals surface area contributed by atoms with Crippen molar-refractivity contribution in [2.75, 3.05) is 0 Å². The summed E-state index contributed by atoms with van der Waals surface area (Å²) < 4.78 is 0. The van der Waals surface area contributed by atoms with Crippen LogP contribution in [0.1, 0.15) is 116 Å². The summed E-state index contributed by atoms with van der Waals surface area (Å²) in [6.45, 7) is 28.5. The van der Waals surface area contributed by atoms with Gasteiger partial charge in [-0.05, 0) is 172 Å². The zero-order chi connectivity index (χ0) is 44.6. The Bertz CT molecular complexity index is 3440. The van der Waals surface area contributed by atoms with Crippen molar-refractivity contribution in [3.05, 3.63) is 167 Å². The summed E-state index contributed by atoms with van der Waals surface area (Å²) in [5.41, 5.74) is 22.0. The Hall–Kier alpha value is -5.98. The second kappa shape index (κ2) is 12.8. The minimum Gasteiger partial charge on any atom is -0.0767 e. The summed E-state index contributed by atoms with van der Waals surface area (Å²) in [5.74, 6) is 0.599. The molecule has 0 heterocycles. The Balaban J connectivity index is 1.31. The van der Waals surface area contributed by atoms with E-state index < -0.39 is 0 Å². The average molecular weight is 829 g/mol. The molecule has 0 saturated carbocycles. The SMILES string of the molecule is CC(C)(C)c1cc(-c2c3c(c(-c4cc(C(C)(C)C)cc(C(C)(C)C)c4)c4cc5c(cc24)-c2ccc4ccc6cccc7cc-5c2c4c67)C2=CC=CC4C=CC=C3C24)cc(C(C)(C)C)c1. The Morgan fingerprint density at radius 3 is 1.28 bits per heavy atom. The van der Waals surface area contributed by atoms with Gasteiger partial charge in [-0.25, -0.2) is 0 Å². The molecule has 316 valence electrons. The molecule has 0 heteroatoms. The predicted octanol–water partition coefficient (Wildman–Crippen LogP) is 18.1. The quantitative estimate of drug-likeness (QED) is 0.152. The summed E-state index contributed by atoms with van der Waals surface area (Å²) in [4.78, 5) is 0. The van der Waals surface area contributed by atoms with Crippen molar-refractivity contribution in [1.29, 1.82) is 0 Å². The second-order valence-corrected chi connectivity index (χ2v) is 23.8. The fourth-order valence-corrected chi connectivity index (χ4v) is 11.8. The van der Waals surface area contributed by atoms with Crippen LogP contribution in [0.5, 0.6) is 0 Å². The van der Waals surface area contributed by atoms with Gasteiger partial charge in [-0.1, -0.05) is 198 Å². The van der Waals surface area contributed by atoms with Gasteiger partial charge >= 0.3 is 0 Å². The van der Waals surface area contributed by atoms with E-state index in [1.165, 1.54) is 132 Å². The van der Waals surface area contributed by atoms with Gasteiger partial charge < -0.3 is 0 Å². The zero-order valence-electron chi connectivity index (χ0n) is 39.9. The summed E-state index contributed by atoms with van der Waals surface area (Å²) in [5, 5.41) is 10.8. The molecule has 0 aromatic heterocycles. The number of hydrogen-bond donors (Lipinski definition) is 0. The van der Waals surface area contributed by atoms with Gasteiger partial charge in [0.25, 0.3) is 0 Å². The van der Waals surface area contributed by atoms with Crippen LogP contribution in [0.25, 0.3) is 98.7 Å². The lowest BCUT2D eigenvalue weighted by Crippen LogP contribution is -2.17. The van der Waals surface area contributed by atoms with Crippen LogP contribution < -0.4 is 0 Å². The molecule has 4 aliphatic rings. The summed E-state index contributed by atoms with van der Waals surface area (Å²) >= 11 is 0. The third-order valence-corrected chi connectivity index (χ3v) is 15.4. The van der Waals surface area contributed by atoms with Gasteiger partial charge in [0.1, 0.15) is 0 Å². The molecule has 64 heavy (non-hydrogen) atoms. The molecule has 4 aliphatic carbocycles. The van der Waals surface area contributed by atoms with Crippen molar-refractivity contribution in [3.8, 4) is 44.5 Å². The van der Waals surface area contributed by atoms with E-state index >= 15 is 0 Å². The fraction of sp³-hybridized carbons (Fsp3) is 0.281. The Morgan fingerprint density at radius 1 is 0.359 bits per heavy atom. The maximum absolute atomic E-state index is 2.64. The highest BCUT2D eigenvalue weighted by atomic mass is 14.5. The summed E-state index contributed by atoms with van der Waals surface area (Å²) in [6, 6.07) is 39.2. The van der Waals surface area contributed by atoms with Gasteiger partial charge in [-0.3, -0.25) is 0 Å². The molecule has 0 spiro atoms. The number of rotatable bonds is 2. The molecule has 8 aromatic carbocycles. The highest BCUT2D eigenvalue weighted by Crippen LogP contribution is 2.62. The summed E-state index contributed by atoms with van der Waals surface area (Å²) in [7, 11) is 0. The smallest absolute Gasteiger partial charge is 0.0200 e. The third kappa shape index (κ3) is 5.60. The normalized spacial score (nSPS) is 17.8. The maximum Gasteiger partial charge on any atom is 0.0200 e. The van der Waals surface area contributed by atoms with Gasteiger partial charge in [0.05, 0.1) is 0 Å². The Labute approximate surface area is 380 Å². The van der Waals surface area contributed by atoms with Crippen molar-refractivity contribution in [3.63, 3.8) is 0 Å². The fourth-order valence-electron chi connectivity index (χ4n) is 11.8. The first-order chi connectivity index (χ1) is 30.3. The monoisotopic (exact) mass is 828 g/mol. The first kappa shape index (κ1) is 39.6. The summed E-state index contributed by atoms with van der Waals surface area (Å²) in [6.07, 6.45) is 14.5. The third-order valence-electron chi connectivity index (χ3n) is 15.4. The van der Waals surface area contributed by atoms with Gasteiger partial charge in [0, 0.05) is 11.8 Å². The van der Waals surface area contributed by atoms with Gasteiger partial charge in [-0.2, -0.15) is 0 Å². The van der Waals surface area contributed by atoms with Crippen LogP contribution in [-0.4, -0.2) is 0 Å². The van der Waals surface area contributed by atoms with E-state index in [1.54, 1.807) is 0 Å². The van der Waals surface area contributed by atoms with Crippen LogP contribution >= 0.6 is 0 Å². The molecule has 8 aromatic rings. The molecule has 0 aliphatic heterocycles. The van der Waals surface area contributed by atoms with E-state index in [2.05, 4.69) is 217 Å². The molecular weight excluding hydrogens is 769 g/mol. The van der Waals surface area contributed by atoms with Gasteiger partial charge in [0.15, 0.2) is 0 Å². The van der Waals surface area contributed by atoms with Crippen LogP contribution in [0.3, 0.4) is 0 Å². The minimum atomic E-state index is -0.0281. The average Bonchev–Trinajstić information content (AvgIpc) is 3.73. The van der Waals surface area contributed by atoms with Crippen molar-refractivity contribution in [2.45, 2.75) is 105 Å². The zero-order valence-corrected chi connectivity index (χ0v) is 39.9. The van der Waals surface area contributed by atoms with Crippen LogP contribution in [0.15, 0.2) is 134 Å². The van der Waals surface area contributed by atoms with Crippen LogP contribution in [0.4, 0.5) is 0 Å². The topological polar surface area (TPSA) is 0 Å². The standard InChI is InChI=1S/C64H60/c1-61(2,3)41-26-39(27-42(31-41)62(4,5)6)55-51-33-48-45-25-24-37-23-22-36-16-13-19-38-30-50(58(45)57(37)53(36)38)49(48)34-52(51)56(40-28-43(63(7,8)9)32-44(29-40)64(10,11)12)60-47-21-15-18-35-17-14-20-46(54(35)47)59(55)60/h13-35,54H,1-12H3. The molecule has 0 amide bonds. The van der Waals surface area contributed by atoms with E-state index in [9.17, 15) is 0 Å². The number of benzene rings is 8. The van der Waals surface area contributed by atoms with Crippen molar-refractivity contribution in [2.24, 2.45) is 11.8 Å². The van der Waals surface area contributed by atoms with Crippen molar-refractivity contribution < 1.29 is 0 Å². The van der Waals surface area contributed by atoms with Crippen molar-refractivity contribution in [1.82, 2.24) is 0 Å². The molecule has 2 atom stereocenters. The van der Waals surface area contributed by atoms with Gasteiger partial charge in [-0.15, -0.1) is 0 Å². The van der Waals surface area contributed by atoms with E-state index in [0.717, 1.165) is 0 Å². The molecule has 0 bridgehead atoms. The van der Waals surface area contributed by atoms with E-state index in [4.69, 9.17) is 0 Å². The Kier molecular flexibility index (Phi) is 7.95.